The number of urea groups is 1. The van der Waals surface area contributed by atoms with Gasteiger partial charge in [-0.1, -0.05) is 26.0 Å². The fourth-order valence-electron chi connectivity index (χ4n) is 4.45. The van der Waals surface area contributed by atoms with Crippen LogP contribution in [0.4, 0.5) is 4.79 Å². The fourth-order valence-corrected chi connectivity index (χ4v) is 4.45. The number of hydrogen-bond acceptors (Lipinski definition) is 4. The van der Waals surface area contributed by atoms with E-state index in [1.165, 1.54) is 10.5 Å². The Hall–Kier alpha value is -2.08. The van der Waals surface area contributed by atoms with Crippen molar-refractivity contribution < 1.29 is 14.3 Å². The Balaban J connectivity index is 1.72. The standard InChI is InChI=1S/C23H35N3O3/c1-17(2)10-13-25-22(28)26(18(3)4)21(27)23(25)11-14-24(15-12-23)16-19-6-8-20(29-5)9-7-19/h6-9,17-18H,10-16H2,1-5H3. The Morgan fingerprint density at radius 2 is 1.66 bits per heavy atom. The number of carbonyl (C=O) groups excluding carboxylic acids is 2. The maximum atomic E-state index is 13.4. The second-order valence-electron chi connectivity index (χ2n) is 9.04. The summed E-state index contributed by atoms with van der Waals surface area (Å²) in [6.07, 6.45) is 2.33. The van der Waals surface area contributed by atoms with E-state index in [9.17, 15) is 9.59 Å². The predicted molar refractivity (Wildman–Crippen MR) is 114 cm³/mol. The molecule has 0 atom stereocenters. The number of piperidine rings is 1. The molecule has 6 heteroatoms. The summed E-state index contributed by atoms with van der Waals surface area (Å²) in [5.41, 5.74) is 0.572. The van der Waals surface area contributed by atoms with Crippen LogP contribution in [-0.2, 0) is 11.3 Å². The number of likely N-dealkylation sites (tertiary alicyclic amines) is 1. The minimum atomic E-state index is -0.660. The van der Waals surface area contributed by atoms with Crippen LogP contribution in [0.3, 0.4) is 0 Å². The van der Waals surface area contributed by atoms with Gasteiger partial charge in [0, 0.05) is 32.2 Å². The quantitative estimate of drug-likeness (QED) is 0.653. The lowest BCUT2D eigenvalue weighted by Gasteiger charge is -2.42. The highest BCUT2D eigenvalue weighted by Gasteiger charge is 2.58. The van der Waals surface area contributed by atoms with Crippen LogP contribution in [-0.4, -0.2) is 65.0 Å². The van der Waals surface area contributed by atoms with Crippen molar-refractivity contribution in [2.24, 2.45) is 5.92 Å². The molecule has 0 aliphatic carbocycles. The molecule has 1 spiro atoms. The molecule has 0 bridgehead atoms. The van der Waals surface area contributed by atoms with E-state index in [1.807, 2.05) is 30.9 Å². The summed E-state index contributed by atoms with van der Waals surface area (Å²) in [6, 6.07) is 7.93. The molecule has 0 N–H and O–H groups in total. The minimum absolute atomic E-state index is 0.00496. The molecular formula is C23H35N3O3. The first kappa shape index (κ1) is 21.6. The largest absolute Gasteiger partial charge is 0.497 e. The van der Waals surface area contributed by atoms with Crippen molar-refractivity contribution >= 4 is 11.9 Å². The Kier molecular flexibility index (Phi) is 6.52. The maximum Gasteiger partial charge on any atom is 0.327 e. The van der Waals surface area contributed by atoms with Gasteiger partial charge in [-0.05, 0) is 56.7 Å². The van der Waals surface area contributed by atoms with Gasteiger partial charge < -0.3 is 9.64 Å². The summed E-state index contributed by atoms with van der Waals surface area (Å²) in [5.74, 6) is 1.36. The van der Waals surface area contributed by atoms with Crippen LogP contribution in [0.15, 0.2) is 24.3 Å². The summed E-state index contributed by atoms with van der Waals surface area (Å²) in [5, 5.41) is 0. The van der Waals surface area contributed by atoms with E-state index in [1.54, 1.807) is 7.11 Å². The Morgan fingerprint density at radius 3 is 2.17 bits per heavy atom. The van der Waals surface area contributed by atoms with E-state index < -0.39 is 5.54 Å². The molecule has 29 heavy (non-hydrogen) atoms. The molecule has 2 aliphatic rings. The highest BCUT2D eigenvalue weighted by atomic mass is 16.5. The summed E-state index contributed by atoms with van der Waals surface area (Å²) < 4.78 is 5.23. The van der Waals surface area contributed by atoms with Crippen molar-refractivity contribution in [2.75, 3.05) is 26.7 Å². The summed E-state index contributed by atoms with van der Waals surface area (Å²) in [6.45, 7) is 11.3. The zero-order valence-electron chi connectivity index (χ0n) is 18.5. The smallest absolute Gasteiger partial charge is 0.327 e. The van der Waals surface area contributed by atoms with Gasteiger partial charge in [-0.2, -0.15) is 0 Å². The lowest BCUT2D eigenvalue weighted by Crippen LogP contribution is -2.56. The molecule has 3 amide bonds. The summed E-state index contributed by atoms with van der Waals surface area (Å²) in [4.78, 5) is 32.2. The molecule has 160 valence electrons. The van der Waals surface area contributed by atoms with Crippen LogP contribution < -0.4 is 4.74 Å². The average Bonchev–Trinajstić information content (AvgIpc) is 2.89. The first-order chi connectivity index (χ1) is 13.8. The number of amides is 3. The zero-order valence-corrected chi connectivity index (χ0v) is 18.5. The topological polar surface area (TPSA) is 53.1 Å². The van der Waals surface area contributed by atoms with Crippen molar-refractivity contribution in [3.8, 4) is 5.75 Å². The zero-order chi connectivity index (χ0) is 21.2. The molecule has 0 saturated carbocycles. The van der Waals surface area contributed by atoms with Crippen molar-refractivity contribution in [3.05, 3.63) is 29.8 Å². The van der Waals surface area contributed by atoms with E-state index in [4.69, 9.17) is 4.74 Å². The third-order valence-corrected chi connectivity index (χ3v) is 6.27. The third-order valence-electron chi connectivity index (χ3n) is 6.27. The van der Waals surface area contributed by atoms with Gasteiger partial charge in [0.15, 0.2) is 0 Å². The molecule has 2 heterocycles. The number of nitrogens with zero attached hydrogens (tertiary/aromatic N) is 3. The van der Waals surface area contributed by atoms with Gasteiger partial charge in [-0.3, -0.25) is 14.6 Å². The Labute approximate surface area is 174 Å². The third kappa shape index (κ3) is 4.27. The van der Waals surface area contributed by atoms with E-state index in [0.717, 1.165) is 31.8 Å². The van der Waals surface area contributed by atoms with Crippen molar-refractivity contribution in [2.45, 2.75) is 65.1 Å². The number of carbonyl (C=O) groups is 2. The van der Waals surface area contributed by atoms with E-state index in [2.05, 4.69) is 30.9 Å². The van der Waals surface area contributed by atoms with E-state index in [-0.39, 0.29) is 18.0 Å². The van der Waals surface area contributed by atoms with Crippen LogP contribution in [0.25, 0.3) is 0 Å². The number of ether oxygens (including phenoxy) is 1. The highest BCUT2D eigenvalue weighted by Crippen LogP contribution is 2.39. The number of methoxy groups -OCH3 is 1. The van der Waals surface area contributed by atoms with E-state index >= 15 is 0 Å². The van der Waals surface area contributed by atoms with Crippen molar-refractivity contribution in [1.29, 1.82) is 0 Å². The molecule has 2 aliphatic heterocycles. The van der Waals surface area contributed by atoms with Gasteiger partial charge in [0.1, 0.15) is 11.3 Å². The predicted octanol–water partition coefficient (Wildman–Crippen LogP) is 3.75. The number of hydrogen-bond donors (Lipinski definition) is 0. The van der Waals surface area contributed by atoms with Crippen LogP contribution in [0, 0.1) is 5.92 Å². The van der Waals surface area contributed by atoms with Gasteiger partial charge >= 0.3 is 6.03 Å². The van der Waals surface area contributed by atoms with Crippen molar-refractivity contribution in [3.63, 3.8) is 0 Å². The summed E-state index contributed by atoms with van der Waals surface area (Å²) >= 11 is 0. The molecule has 0 radical (unpaired) electrons. The molecular weight excluding hydrogens is 366 g/mol. The molecule has 1 aromatic carbocycles. The molecule has 0 aromatic heterocycles. The SMILES string of the molecule is COc1ccc(CN2CCC3(CC2)C(=O)N(C(C)C)C(=O)N3CCC(C)C)cc1. The molecule has 3 rings (SSSR count). The summed E-state index contributed by atoms with van der Waals surface area (Å²) in [7, 11) is 1.67. The van der Waals surface area contributed by atoms with Gasteiger partial charge in [-0.15, -0.1) is 0 Å². The van der Waals surface area contributed by atoms with E-state index in [0.29, 0.717) is 25.3 Å². The Morgan fingerprint density at radius 1 is 1.03 bits per heavy atom. The first-order valence-electron chi connectivity index (χ1n) is 10.8. The molecule has 1 aromatic rings. The molecule has 2 saturated heterocycles. The lowest BCUT2D eigenvalue weighted by atomic mass is 9.85. The number of benzene rings is 1. The fraction of sp³-hybridized carbons (Fsp3) is 0.652. The Bertz CT molecular complexity index is 721. The number of rotatable bonds is 7. The van der Waals surface area contributed by atoms with Gasteiger partial charge in [-0.25, -0.2) is 4.79 Å². The lowest BCUT2D eigenvalue weighted by molar-refractivity contribution is -0.136. The monoisotopic (exact) mass is 401 g/mol. The van der Waals surface area contributed by atoms with Gasteiger partial charge in [0.25, 0.3) is 5.91 Å². The highest BCUT2D eigenvalue weighted by molar-refractivity contribution is 6.07. The number of imide groups is 1. The average molecular weight is 402 g/mol. The molecule has 6 nitrogen and oxygen atoms in total. The van der Waals surface area contributed by atoms with Crippen LogP contribution >= 0.6 is 0 Å². The van der Waals surface area contributed by atoms with Crippen LogP contribution in [0.5, 0.6) is 5.75 Å². The molecule has 2 fully saturated rings. The normalized spacial score (nSPS) is 19.8. The van der Waals surface area contributed by atoms with Gasteiger partial charge in [0.2, 0.25) is 0 Å². The second-order valence-corrected chi connectivity index (χ2v) is 9.04. The minimum Gasteiger partial charge on any atom is -0.497 e. The van der Waals surface area contributed by atoms with Crippen LogP contribution in [0.2, 0.25) is 0 Å². The molecule has 0 unspecified atom stereocenters. The first-order valence-corrected chi connectivity index (χ1v) is 10.8. The van der Waals surface area contributed by atoms with Crippen molar-refractivity contribution in [1.82, 2.24) is 14.7 Å². The van der Waals surface area contributed by atoms with Gasteiger partial charge in [0.05, 0.1) is 7.11 Å². The second kappa shape index (κ2) is 8.74. The van der Waals surface area contributed by atoms with Crippen LogP contribution in [0.1, 0.15) is 52.5 Å². The maximum absolute atomic E-state index is 13.4.